The predicted octanol–water partition coefficient (Wildman–Crippen LogP) is 6.07. The quantitative estimate of drug-likeness (QED) is 0.371. The van der Waals surface area contributed by atoms with E-state index in [9.17, 15) is 14.4 Å². The van der Waals surface area contributed by atoms with Crippen LogP contribution in [0.3, 0.4) is 0 Å². The van der Waals surface area contributed by atoms with Gasteiger partial charge in [0.05, 0.1) is 6.61 Å². The fraction of sp³-hybridized carbons (Fsp3) is 0.480. The molecule has 2 aromatic rings. The third-order valence-corrected chi connectivity index (χ3v) is 6.16. The summed E-state index contributed by atoms with van der Waals surface area (Å²) < 4.78 is 11.4. The third-order valence-electron chi connectivity index (χ3n) is 5.94. The van der Waals surface area contributed by atoms with Gasteiger partial charge in [-0.15, -0.1) is 0 Å². The number of hydrogen-bond acceptors (Lipinski definition) is 5. The molecule has 0 saturated heterocycles. The van der Waals surface area contributed by atoms with Crippen LogP contribution in [-0.4, -0.2) is 29.8 Å². The van der Waals surface area contributed by atoms with Crippen LogP contribution in [-0.2, 0) is 9.53 Å². The third kappa shape index (κ3) is 5.23. The number of halogens is 1. The van der Waals surface area contributed by atoms with Crippen LogP contribution in [0.2, 0.25) is 0 Å². The highest BCUT2D eigenvalue weighted by molar-refractivity contribution is 6.67. The Morgan fingerprint density at radius 1 is 1.12 bits per heavy atom. The van der Waals surface area contributed by atoms with Crippen LogP contribution in [0.5, 0.6) is 0 Å². The minimum absolute atomic E-state index is 0.0265. The fourth-order valence-electron chi connectivity index (χ4n) is 4.12. The minimum atomic E-state index is -0.553. The SMILES string of the molecule is CCOC(=O)c1cc(-c2ccc(C(=O)Cl)cc2)oc1N(C(=O)[C@H]1CC[C@H](C)CC1)C(C)C. The molecular formula is C25H30ClNO5. The Morgan fingerprint density at radius 2 is 1.75 bits per heavy atom. The molecule has 1 aliphatic carbocycles. The number of nitrogens with zero attached hydrogens (tertiary/aromatic N) is 1. The normalized spacial score (nSPS) is 18.4. The molecule has 0 bridgehead atoms. The number of ether oxygens (including phenoxy) is 1. The first-order chi connectivity index (χ1) is 15.2. The maximum atomic E-state index is 13.5. The monoisotopic (exact) mass is 459 g/mol. The summed E-state index contributed by atoms with van der Waals surface area (Å²) in [5, 5.41) is -0.553. The summed E-state index contributed by atoms with van der Waals surface area (Å²) >= 11 is 5.53. The molecule has 1 heterocycles. The van der Waals surface area contributed by atoms with E-state index in [0.717, 1.165) is 25.7 Å². The molecular weight excluding hydrogens is 430 g/mol. The maximum absolute atomic E-state index is 13.5. The molecule has 1 saturated carbocycles. The van der Waals surface area contributed by atoms with Crippen molar-refractivity contribution >= 4 is 34.6 Å². The molecule has 0 unspecified atom stereocenters. The van der Waals surface area contributed by atoms with Crippen LogP contribution in [0.25, 0.3) is 11.3 Å². The van der Waals surface area contributed by atoms with Gasteiger partial charge < -0.3 is 9.15 Å². The standard InChI is InChI=1S/C25H30ClNO5/c1-5-31-25(30)20-14-21(17-10-12-18(13-11-17)22(26)28)32-24(20)27(15(2)3)23(29)19-8-6-16(4)7-9-19/h10-16,19H,5-9H2,1-4H3/t16-,19-. The van der Waals surface area contributed by atoms with Gasteiger partial charge in [0.1, 0.15) is 11.3 Å². The van der Waals surface area contributed by atoms with Gasteiger partial charge in [0.25, 0.3) is 5.24 Å². The summed E-state index contributed by atoms with van der Waals surface area (Å²) in [7, 11) is 0. The van der Waals surface area contributed by atoms with E-state index < -0.39 is 11.2 Å². The topological polar surface area (TPSA) is 76.8 Å². The van der Waals surface area contributed by atoms with Gasteiger partial charge in [-0.25, -0.2) is 4.79 Å². The molecule has 6 nitrogen and oxygen atoms in total. The Kier molecular flexibility index (Phi) is 7.77. The van der Waals surface area contributed by atoms with Gasteiger partial charge in [0.15, 0.2) is 0 Å². The van der Waals surface area contributed by atoms with E-state index in [2.05, 4.69) is 6.92 Å². The summed E-state index contributed by atoms with van der Waals surface area (Å²) in [6.07, 6.45) is 3.70. The Hall–Kier alpha value is -2.60. The van der Waals surface area contributed by atoms with Gasteiger partial charge in [0, 0.05) is 29.2 Å². The maximum Gasteiger partial charge on any atom is 0.343 e. The van der Waals surface area contributed by atoms with Gasteiger partial charge in [-0.2, -0.15) is 0 Å². The Labute approximate surface area is 193 Å². The molecule has 1 aromatic heterocycles. The molecule has 1 fully saturated rings. The highest BCUT2D eigenvalue weighted by Crippen LogP contribution is 2.37. The molecule has 0 radical (unpaired) electrons. The average Bonchev–Trinajstić information content (AvgIpc) is 3.19. The first-order valence-electron chi connectivity index (χ1n) is 11.2. The van der Waals surface area contributed by atoms with Gasteiger partial charge in [0.2, 0.25) is 11.8 Å². The van der Waals surface area contributed by atoms with Crippen molar-refractivity contribution in [2.45, 2.75) is 59.4 Å². The van der Waals surface area contributed by atoms with E-state index >= 15 is 0 Å². The zero-order valence-corrected chi connectivity index (χ0v) is 19.8. The summed E-state index contributed by atoms with van der Waals surface area (Å²) in [6.45, 7) is 7.96. The molecule has 0 aliphatic heterocycles. The molecule has 3 rings (SSSR count). The largest absolute Gasteiger partial charge is 0.462 e. The lowest BCUT2D eigenvalue weighted by Gasteiger charge is -2.32. The second kappa shape index (κ2) is 10.3. The highest BCUT2D eigenvalue weighted by Gasteiger charge is 2.35. The van der Waals surface area contributed by atoms with Crippen molar-refractivity contribution in [1.29, 1.82) is 0 Å². The van der Waals surface area contributed by atoms with Crippen molar-refractivity contribution in [3.05, 3.63) is 41.5 Å². The van der Waals surface area contributed by atoms with Gasteiger partial charge >= 0.3 is 5.97 Å². The van der Waals surface area contributed by atoms with Gasteiger partial charge in [-0.05, 0) is 76.1 Å². The highest BCUT2D eigenvalue weighted by atomic mass is 35.5. The zero-order chi connectivity index (χ0) is 23.4. The van der Waals surface area contributed by atoms with Crippen LogP contribution in [0.1, 0.15) is 74.1 Å². The number of esters is 1. The molecule has 7 heteroatoms. The van der Waals surface area contributed by atoms with Crippen LogP contribution >= 0.6 is 11.6 Å². The number of rotatable bonds is 7. The number of furan rings is 1. The van der Waals surface area contributed by atoms with Crippen LogP contribution in [0, 0.1) is 11.8 Å². The Bertz CT molecular complexity index is 971. The first-order valence-corrected chi connectivity index (χ1v) is 11.5. The van der Waals surface area contributed by atoms with Crippen molar-refractivity contribution in [2.75, 3.05) is 11.5 Å². The first kappa shape index (κ1) is 24.1. The summed E-state index contributed by atoms with van der Waals surface area (Å²) in [5.74, 6) is 0.579. The van der Waals surface area contributed by atoms with Crippen molar-refractivity contribution in [1.82, 2.24) is 0 Å². The molecule has 0 spiro atoms. The lowest BCUT2D eigenvalue weighted by atomic mass is 9.82. The Balaban J connectivity index is 2.02. The minimum Gasteiger partial charge on any atom is -0.462 e. The number of anilines is 1. The van der Waals surface area contributed by atoms with Crippen molar-refractivity contribution < 1.29 is 23.5 Å². The zero-order valence-electron chi connectivity index (χ0n) is 19.0. The van der Waals surface area contributed by atoms with Crippen molar-refractivity contribution in [2.24, 2.45) is 11.8 Å². The number of carbonyl (C=O) groups is 3. The van der Waals surface area contributed by atoms with E-state index in [-0.39, 0.29) is 35.9 Å². The summed E-state index contributed by atoms with van der Waals surface area (Å²) in [5.41, 5.74) is 1.23. The lowest BCUT2D eigenvalue weighted by Crippen LogP contribution is -2.42. The molecule has 172 valence electrons. The molecule has 1 aliphatic rings. The van der Waals surface area contributed by atoms with E-state index in [1.807, 2.05) is 13.8 Å². The molecule has 32 heavy (non-hydrogen) atoms. The lowest BCUT2D eigenvalue weighted by molar-refractivity contribution is -0.124. The molecule has 1 amide bonds. The van der Waals surface area contributed by atoms with E-state index in [4.69, 9.17) is 20.8 Å². The van der Waals surface area contributed by atoms with Gasteiger partial charge in [-0.1, -0.05) is 19.1 Å². The van der Waals surface area contributed by atoms with E-state index in [0.29, 0.717) is 22.8 Å². The average molecular weight is 460 g/mol. The van der Waals surface area contributed by atoms with Crippen molar-refractivity contribution in [3.63, 3.8) is 0 Å². The van der Waals surface area contributed by atoms with Crippen LogP contribution in [0.15, 0.2) is 34.7 Å². The summed E-state index contributed by atoms with van der Waals surface area (Å²) in [6, 6.07) is 7.95. The second-order valence-electron chi connectivity index (χ2n) is 8.66. The van der Waals surface area contributed by atoms with Gasteiger partial charge in [-0.3, -0.25) is 14.5 Å². The van der Waals surface area contributed by atoms with E-state index in [1.165, 1.54) is 0 Å². The second-order valence-corrected chi connectivity index (χ2v) is 9.00. The van der Waals surface area contributed by atoms with Crippen molar-refractivity contribution in [3.8, 4) is 11.3 Å². The van der Waals surface area contributed by atoms with Crippen LogP contribution < -0.4 is 4.90 Å². The molecule has 0 atom stereocenters. The number of hydrogen-bond donors (Lipinski definition) is 0. The summed E-state index contributed by atoms with van der Waals surface area (Å²) in [4.78, 5) is 39.2. The number of amides is 1. The predicted molar refractivity (Wildman–Crippen MR) is 124 cm³/mol. The number of carbonyl (C=O) groups excluding carboxylic acids is 3. The molecule has 0 N–H and O–H groups in total. The Morgan fingerprint density at radius 3 is 2.28 bits per heavy atom. The number of benzene rings is 1. The fourth-order valence-corrected chi connectivity index (χ4v) is 4.24. The smallest absolute Gasteiger partial charge is 0.343 e. The van der Waals surface area contributed by atoms with Crippen LogP contribution in [0.4, 0.5) is 5.88 Å². The molecule has 1 aromatic carbocycles. The van der Waals surface area contributed by atoms with E-state index in [1.54, 1.807) is 42.2 Å².